The first kappa shape index (κ1) is 22.1. The fraction of sp³-hybridized carbons (Fsp3) is 0.240. The van der Waals surface area contributed by atoms with Crippen molar-refractivity contribution < 1.29 is 4.79 Å². The molecule has 1 unspecified atom stereocenters. The lowest BCUT2D eigenvalue weighted by atomic mass is 10.1. The monoisotopic (exact) mass is 493 g/mol. The molecule has 0 aliphatic carbocycles. The zero-order chi connectivity index (χ0) is 22.9. The van der Waals surface area contributed by atoms with Gasteiger partial charge in [-0.25, -0.2) is 4.98 Å². The van der Waals surface area contributed by atoms with Gasteiger partial charge in [0.2, 0.25) is 5.91 Å². The number of carbonyl (C=O) groups is 1. The molecule has 1 atom stereocenters. The highest BCUT2D eigenvalue weighted by molar-refractivity contribution is 8.00. The summed E-state index contributed by atoms with van der Waals surface area (Å²) in [5, 5.41) is 2.30. The van der Waals surface area contributed by atoms with Gasteiger partial charge >= 0.3 is 0 Å². The maximum Gasteiger partial charge on any atom is 0.272 e. The molecule has 1 aliphatic heterocycles. The van der Waals surface area contributed by atoms with E-state index in [1.54, 1.807) is 22.0 Å². The number of rotatable bonds is 6. The predicted molar refractivity (Wildman–Crippen MR) is 138 cm³/mol. The Kier molecular flexibility index (Phi) is 6.23. The Bertz CT molecular complexity index is 1390. The normalized spacial score (nSPS) is 14.3. The van der Waals surface area contributed by atoms with E-state index in [9.17, 15) is 9.59 Å². The van der Waals surface area contributed by atoms with Gasteiger partial charge in [0.25, 0.3) is 5.56 Å². The highest BCUT2D eigenvalue weighted by Gasteiger charge is 2.27. The number of nitrogens with zero attached hydrogens (tertiary/aromatic N) is 3. The van der Waals surface area contributed by atoms with Gasteiger partial charge in [-0.2, -0.15) is 0 Å². The van der Waals surface area contributed by atoms with E-state index in [4.69, 9.17) is 4.98 Å². The summed E-state index contributed by atoms with van der Waals surface area (Å²) in [5.74, 6) is 0.0756. The second-order valence-corrected chi connectivity index (χ2v) is 11.3. The maximum atomic E-state index is 13.3. The molecule has 0 spiro atoms. The summed E-state index contributed by atoms with van der Waals surface area (Å²) in [6, 6.07) is 14.1. The molecule has 0 saturated heterocycles. The predicted octanol–water partition coefficient (Wildman–Crippen LogP) is 5.44. The Balaban J connectivity index is 1.45. The molecule has 0 fully saturated rings. The van der Waals surface area contributed by atoms with Gasteiger partial charge < -0.3 is 4.90 Å². The lowest BCUT2D eigenvalue weighted by Crippen LogP contribution is -2.40. The largest absolute Gasteiger partial charge is 0.337 e. The van der Waals surface area contributed by atoms with Gasteiger partial charge in [0.05, 0.1) is 10.8 Å². The average molecular weight is 494 g/mol. The summed E-state index contributed by atoms with van der Waals surface area (Å²) in [4.78, 5) is 35.6. The lowest BCUT2D eigenvalue weighted by Gasteiger charge is -2.29. The van der Waals surface area contributed by atoms with Crippen LogP contribution in [-0.2, 0) is 24.3 Å². The SMILES string of the molecule is C=CCn1c(SC(C)C(=O)N2CCc3sccc3C2)nc2cc(-c3ccccc3)sc2c1=O. The van der Waals surface area contributed by atoms with E-state index in [0.29, 0.717) is 28.5 Å². The standard InChI is InChI=1S/C25H23N3O2S3/c1-3-11-28-24(30)22-19(14-21(33-22)17-7-5-4-6-8-17)26-25(28)32-16(2)23(29)27-12-9-20-18(15-27)10-13-31-20/h3-8,10,13-14,16H,1,9,11-12,15H2,2H3. The Morgan fingerprint density at radius 2 is 2.12 bits per heavy atom. The van der Waals surface area contributed by atoms with E-state index in [0.717, 1.165) is 23.4 Å². The molecule has 1 aromatic carbocycles. The Labute approximate surface area is 204 Å². The van der Waals surface area contributed by atoms with Gasteiger partial charge in [-0.3, -0.25) is 14.2 Å². The van der Waals surface area contributed by atoms with E-state index in [-0.39, 0.29) is 16.7 Å². The molecule has 3 aromatic heterocycles. The molecule has 4 heterocycles. The van der Waals surface area contributed by atoms with Crippen LogP contribution in [0.5, 0.6) is 0 Å². The fourth-order valence-electron chi connectivity index (χ4n) is 4.02. The number of fused-ring (bicyclic) bond motifs is 2. The molecule has 5 rings (SSSR count). The zero-order valence-corrected chi connectivity index (χ0v) is 20.6. The molecule has 33 heavy (non-hydrogen) atoms. The van der Waals surface area contributed by atoms with Crippen LogP contribution in [-0.4, -0.2) is 32.2 Å². The molecule has 0 saturated carbocycles. The number of carbonyl (C=O) groups excluding carboxylic acids is 1. The maximum absolute atomic E-state index is 13.3. The van der Waals surface area contributed by atoms with Crippen molar-refractivity contribution in [1.82, 2.24) is 14.5 Å². The second-order valence-electron chi connectivity index (χ2n) is 7.93. The van der Waals surface area contributed by atoms with Crippen molar-refractivity contribution in [2.24, 2.45) is 0 Å². The summed E-state index contributed by atoms with van der Waals surface area (Å²) >= 11 is 4.56. The number of allylic oxidation sites excluding steroid dienone is 1. The first-order chi connectivity index (χ1) is 16.0. The molecule has 8 heteroatoms. The zero-order valence-electron chi connectivity index (χ0n) is 18.2. The van der Waals surface area contributed by atoms with Crippen LogP contribution in [0.2, 0.25) is 0 Å². The first-order valence-electron chi connectivity index (χ1n) is 10.8. The van der Waals surface area contributed by atoms with Gasteiger partial charge in [-0.15, -0.1) is 29.3 Å². The van der Waals surface area contributed by atoms with E-state index >= 15 is 0 Å². The highest BCUT2D eigenvalue weighted by Crippen LogP contribution is 2.33. The quantitative estimate of drug-likeness (QED) is 0.204. The Morgan fingerprint density at radius 3 is 2.91 bits per heavy atom. The third-order valence-electron chi connectivity index (χ3n) is 5.72. The number of hydrogen-bond donors (Lipinski definition) is 0. The Hall–Kier alpha value is -2.68. The van der Waals surface area contributed by atoms with Crippen LogP contribution in [0.1, 0.15) is 17.4 Å². The van der Waals surface area contributed by atoms with Crippen molar-refractivity contribution in [3.63, 3.8) is 0 Å². The molecule has 4 aromatic rings. The molecule has 168 valence electrons. The molecule has 0 bridgehead atoms. The summed E-state index contributed by atoms with van der Waals surface area (Å²) in [7, 11) is 0. The van der Waals surface area contributed by atoms with Crippen molar-refractivity contribution in [2.45, 2.75) is 36.8 Å². The smallest absolute Gasteiger partial charge is 0.272 e. The number of benzene rings is 1. The highest BCUT2D eigenvalue weighted by atomic mass is 32.2. The average Bonchev–Trinajstić information content (AvgIpc) is 3.48. The van der Waals surface area contributed by atoms with Crippen molar-refractivity contribution in [1.29, 1.82) is 0 Å². The minimum atomic E-state index is -0.349. The molecule has 5 nitrogen and oxygen atoms in total. The molecule has 1 amide bonds. The molecular weight excluding hydrogens is 470 g/mol. The van der Waals surface area contributed by atoms with E-state index in [1.807, 2.05) is 48.2 Å². The van der Waals surface area contributed by atoms with Crippen molar-refractivity contribution >= 4 is 50.6 Å². The second kappa shape index (κ2) is 9.29. The molecule has 0 radical (unpaired) electrons. The van der Waals surface area contributed by atoms with Crippen molar-refractivity contribution in [3.05, 3.63) is 81.3 Å². The summed E-state index contributed by atoms with van der Waals surface area (Å²) in [5.41, 5.74) is 2.89. The van der Waals surface area contributed by atoms with Crippen LogP contribution in [0.4, 0.5) is 0 Å². The summed E-state index contributed by atoms with van der Waals surface area (Å²) < 4.78 is 2.25. The van der Waals surface area contributed by atoms with Crippen LogP contribution in [0.3, 0.4) is 0 Å². The summed E-state index contributed by atoms with van der Waals surface area (Å²) in [6.07, 6.45) is 2.60. The lowest BCUT2D eigenvalue weighted by molar-refractivity contribution is -0.131. The molecule has 1 aliphatic rings. The van der Waals surface area contributed by atoms with Crippen LogP contribution in [0.15, 0.2) is 70.5 Å². The third kappa shape index (κ3) is 4.30. The number of aromatic nitrogens is 2. The number of amides is 1. The van der Waals surface area contributed by atoms with Gasteiger partial charge in [-0.1, -0.05) is 48.2 Å². The number of thiophene rings is 2. The van der Waals surface area contributed by atoms with Crippen molar-refractivity contribution in [3.8, 4) is 10.4 Å². The minimum Gasteiger partial charge on any atom is -0.337 e. The molecule has 0 N–H and O–H groups in total. The number of thioether (sulfide) groups is 1. The fourth-order valence-corrected chi connectivity index (χ4v) is 6.96. The van der Waals surface area contributed by atoms with Gasteiger partial charge in [0.1, 0.15) is 4.70 Å². The third-order valence-corrected chi connectivity index (χ3v) is 8.98. The van der Waals surface area contributed by atoms with Crippen LogP contribution >= 0.6 is 34.4 Å². The van der Waals surface area contributed by atoms with Crippen molar-refractivity contribution in [2.75, 3.05) is 6.54 Å². The van der Waals surface area contributed by atoms with E-state index < -0.39 is 0 Å². The van der Waals surface area contributed by atoms with E-state index in [2.05, 4.69) is 18.0 Å². The Morgan fingerprint density at radius 1 is 1.30 bits per heavy atom. The topological polar surface area (TPSA) is 55.2 Å². The summed E-state index contributed by atoms with van der Waals surface area (Å²) in [6.45, 7) is 7.44. The van der Waals surface area contributed by atoms with Gasteiger partial charge in [0, 0.05) is 29.4 Å². The van der Waals surface area contributed by atoms with Gasteiger partial charge in [-0.05, 0) is 42.0 Å². The number of hydrogen-bond acceptors (Lipinski definition) is 6. The minimum absolute atomic E-state index is 0.0756. The van der Waals surface area contributed by atoms with Crippen LogP contribution in [0, 0.1) is 0 Å². The van der Waals surface area contributed by atoms with E-state index in [1.165, 1.54) is 33.5 Å². The van der Waals surface area contributed by atoms with Crippen LogP contribution in [0.25, 0.3) is 20.7 Å². The molecular formula is C25H23N3O2S3. The van der Waals surface area contributed by atoms with Crippen LogP contribution < -0.4 is 5.56 Å². The van der Waals surface area contributed by atoms with Gasteiger partial charge in [0.15, 0.2) is 5.16 Å². The first-order valence-corrected chi connectivity index (χ1v) is 13.3.